The van der Waals surface area contributed by atoms with E-state index >= 15 is 0 Å². The summed E-state index contributed by atoms with van der Waals surface area (Å²) in [7, 11) is -4.07. The maximum atomic E-state index is 13.7. The molecule has 3 aromatic rings. The van der Waals surface area contributed by atoms with Gasteiger partial charge in [-0.2, -0.15) is 0 Å². The van der Waals surface area contributed by atoms with Crippen molar-refractivity contribution >= 4 is 38.5 Å². The largest absolute Gasteiger partial charge is 0.481 e. The number of benzene rings is 2. The van der Waals surface area contributed by atoms with Gasteiger partial charge in [0.25, 0.3) is 0 Å². The fraction of sp³-hybridized carbons (Fsp3) is 0.190. The Bertz CT molecular complexity index is 1180. The van der Waals surface area contributed by atoms with Gasteiger partial charge in [-0.1, -0.05) is 41.9 Å². The minimum absolute atomic E-state index is 0.153. The van der Waals surface area contributed by atoms with E-state index < -0.39 is 27.2 Å². The molecule has 0 saturated heterocycles. The molecule has 8 heteroatoms. The van der Waals surface area contributed by atoms with E-state index in [0.29, 0.717) is 28.0 Å². The number of hydrogen-bond acceptors (Lipinski definition) is 4. The second kappa shape index (κ2) is 8.02. The van der Waals surface area contributed by atoms with E-state index in [1.165, 1.54) is 13.0 Å². The first-order chi connectivity index (χ1) is 13.7. The molecule has 2 atom stereocenters. The van der Waals surface area contributed by atoms with Gasteiger partial charge in [0.05, 0.1) is 11.4 Å². The second-order valence-electron chi connectivity index (χ2n) is 6.74. The van der Waals surface area contributed by atoms with Crippen molar-refractivity contribution in [3.05, 3.63) is 83.0 Å². The van der Waals surface area contributed by atoms with Crippen LogP contribution in [0.2, 0.25) is 5.02 Å². The van der Waals surface area contributed by atoms with Gasteiger partial charge in [-0.25, -0.2) is 12.4 Å². The highest BCUT2D eigenvalue weighted by molar-refractivity contribution is 7.90. The highest BCUT2D eigenvalue weighted by atomic mass is 35.5. The minimum Gasteiger partial charge on any atom is -0.481 e. The molecule has 1 heterocycles. The molecule has 0 radical (unpaired) electrons. The van der Waals surface area contributed by atoms with Crippen molar-refractivity contribution in [3.8, 4) is 0 Å². The zero-order valence-corrected chi connectivity index (χ0v) is 17.3. The van der Waals surface area contributed by atoms with Crippen molar-refractivity contribution < 1.29 is 18.3 Å². The number of fused-ring (bicyclic) bond motifs is 1. The van der Waals surface area contributed by atoms with Crippen LogP contribution >= 0.6 is 11.6 Å². The lowest BCUT2D eigenvalue weighted by Crippen LogP contribution is -2.24. The molecule has 0 spiro atoms. The van der Waals surface area contributed by atoms with Crippen LogP contribution in [0, 0.1) is 0 Å². The topological polar surface area (TPSA) is 102 Å². The van der Waals surface area contributed by atoms with Crippen molar-refractivity contribution in [3.63, 3.8) is 0 Å². The zero-order valence-electron chi connectivity index (χ0n) is 15.7. The maximum Gasteiger partial charge on any atom is 0.312 e. The Morgan fingerprint density at radius 1 is 1.24 bits per heavy atom. The van der Waals surface area contributed by atoms with Gasteiger partial charge in [0.15, 0.2) is 0 Å². The molecule has 2 unspecified atom stereocenters. The highest BCUT2D eigenvalue weighted by Crippen LogP contribution is 2.35. The molecule has 0 aliphatic carbocycles. The van der Waals surface area contributed by atoms with Crippen molar-refractivity contribution in [2.75, 3.05) is 0 Å². The molecule has 29 heavy (non-hydrogen) atoms. The van der Waals surface area contributed by atoms with E-state index in [-0.39, 0.29) is 5.69 Å². The smallest absolute Gasteiger partial charge is 0.312 e. The van der Waals surface area contributed by atoms with E-state index in [0.717, 1.165) is 9.54 Å². The van der Waals surface area contributed by atoms with Crippen molar-refractivity contribution in [1.29, 1.82) is 0 Å². The number of carboxylic acid groups (broad SMARTS) is 1. The summed E-state index contributed by atoms with van der Waals surface area (Å²) in [6.45, 7) is 5.50. The lowest BCUT2D eigenvalue weighted by atomic mass is 10.1. The molecule has 152 valence electrons. The molecular formula is C21H21ClN2O4S. The summed E-state index contributed by atoms with van der Waals surface area (Å²) in [4.78, 5) is 11.6. The molecule has 1 aromatic heterocycles. The van der Waals surface area contributed by atoms with Gasteiger partial charge in [-0.15, -0.1) is 6.58 Å². The van der Waals surface area contributed by atoms with Crippen LogP contribution in [0.25, 0.3) is 10.9 Å². The van der Waals surface area contributed by atoms with E-state index in [1.807, 2.05) is 0 Å². The van der Waals surface area contributed by atoms with Gasteiger partial charge >= 0.3 is 5.97 Å². The summed E-state index contributed by atoms with van der Waals surface area (Å²) in [6.07, 6.45) is 1.34. The molecule has 3 rings (SSSR count). The van der Waals surface area contributed by atoms with Crippen molar-refractivity contribution in [2.24, 2.45) is 5.73 Å². The third-order valence-electron chi connectivity index (χ3n) is 4.89. The fourth-order valence-corrected chi connectivity index (χ4v) is 5.38. The third kappa shape index (κ3) is 3.81. The number of nitrogens with two attached hydrogens (primary N) is 1. The fourth-order valence-electron chi connectivity index (χ4n) is 3.28. The minimum atomic E-state index is -4.07. The number of hydrogen-bond donors (Lipinski definition) is 2. The number of rotatable bonds is 7. The number of carboxylic acids is 1. The Labute approximate surface area is 174 Å². The van der Waals surface area contributed by atoms with Crippen molar-refractivity contribution in [2.45, 2.75) is 24.6 Å². The SMILES string of the molecule is C=CC(c1ccc(CN)cc1)S(=O)(=O)n1c(C(C)C(=O)O)cc2cc(Cl)ccc21. The van der Waals surface area contributed by atoms with Crippen LogP contribution in [0.4, 0.5) is 0 Å². The molecular weight excluding hydrogens is 412 g/mol. The normalized spacial score (nSPS) is 13.9. The van der Waals surface area contributed by atoms with Crippen molar-refractivity contribution in [1.82, 2.24) is 3.97 Å². The Hall–Kier alpha value is -2.61. The number of halogens is 1. The van der Waals surface area contributed by atoms with Crippen LogP contribution in [0.5, 0.6) is 0 Å². The van der Waals surface area contributed by atoms with E-state index in [9.17, 15) is 18.3 Å². The molecule has 0 bridgehead atoms. The summed E-state index contributed by atoms with van der Waals surface area (Å²) in [5.74, 6) is -2.17. The van der Waals surface area contributed by atoms with Crippen LogP contribution in [-0.2, 0) is 21.4 Å². The summed E-state index contributed by atoms with van der Waals surface area (Å²) >= 11 is 6.05. The van der Waals surface area contributed by atoms with E-state index in [4.69, 9.17) is 17.3 Å². The maximum absolute atomic E-state index is 13.7. The Morgan fingerprint density at radius 2 is 1.90 bits per heavy atom. The highest BCUT2D eigenvalue weighted by Gasteiger charge is 2.32. The summed E-state index contributed by atoms with van der Waals surface area (Å²) in [5, 5.41) is 9.42. The van der Waals surface area contributed by atoms with Gasteiger partial charge in [-0.05, 0) is 42.3 Å². The van der Waals surface area contributed by atoms with E-state index in [1.54, 1.807) is 48.5 Å². The standard InChI is InChI=1S/C21H21ClN2O4S/c1-3-20(15-6-4-14(12-23)5-7-15)29(27,28)24-18-9-8-17(22)10-16(18)11-19(24)13(2)21(25)26/h3-11,13,20H,1,12,23H2,2H3,(H,25,26). The Morgan fingerprint density at radius 3 is 2.45 bits per heavy atom. The van der Waals surface area contributed by atoms with Gasteiger partial charge < -0.3 is 10.8 Å². The van der Waals surface area contributed by atoms with Gasteiger partial charge in [0.1, 0.15) is 5.25 Å². The molecule has 6 nitrogen and oxygen atoms in total. The number of carbonyl (C=O) groups is 1. The van der Waals surface area contributed by atoms with Crippen LogP contribution < -0.4 is 5.73 Å². The number of nitrogens with zero attached hydrogens (tertiary/aromatic N) is 1. The summed E-state index contributed by atoms with van der Waals surface area (Å²) < 4.78 is 28.4. The first-order valence-corrected chi connectivity index (χ1v) is 10.8. The average molecular weight is 433 g/mol. The van der Waals surface area contributed by atoms with Crippen LogP contribution in [-0.4, -0.2) is 23.5 Å². The summed E-state index contributed by atoms with van der Waals surface area (Å²) in [5.41, 5.74) is 7.52. The molecule has 0 amide bonds. The van der Waals surface area contributed by atoms with Crippen LogP contribution in [0.15, 0.2) is 61.2 Å². The number of aliphatic carboxylic acids is 1. The van der Waals surface area contributed by atoms with Gasteiger partial charge in [-0.3, -0.25) is 4.79 Å². The van der Waals surface area contributed by atoms with E-state index in [2.05, 4.69) is 6.58 Å². The molecule has 0 saturated carbocycles. The molecule has 3 N–H and O–H groups in total. The van der Waals surface area contributed by atoms with Gasteiger partial charge in [0.2, 0.25) is 10.0 Å². The van der Waals surface area contributed by atoms with Gasteiger partial charge in [0, 0.05) is 22.6 Å². The van der Waals surface area contributed by atoms with Crippen LogP contribution in [0.1, 0.15) is 34.9 Å². The quantitative estimate of drug-likeness (QED) is 0.548. The third-order valence-corrected chi connectivity index (χ3v) is 7.15. The zero-order chi connectivity index (χ0) is 21.3. The monoisotopic (exact) mass is 432 g/mol. The molecule has 2 aromatic carbocycles. The lowest BCUT2D eigenvalue weighted by molar-refractivity contribution is -0.138. The molecule has 0 aliphatic rings. The molecule has 0 aliphatic heterocycles. The lowest BCUT2D eigenvalue weighted by Gasteiger charge is -2.20. The Kier molecular flexibility index (Phi) is 5.84. The molecule has 0 fully saturated rings. The first-order valence-electron chi connectivity index (χ1n) is 8.90. The summed E-state index contributed by atoms with van der Waals surface area (Å²) in [6, 6.07) is 13.2. The number of aromatic nitrogens is 1. The first kappa shape index (κ1) is 21.1. The predicted molar refractivity (Wildman–Crippen MR) is 115 cm³/mol. The second-order valence-corrected chi connectivity index (χ2v) is 9.08. The predicted octanol–water partition coefficient (Wildman–Crippen LogP) is 4.05. The van der Waals surface area contributed by atoms with Crippen LogP contribution in [0.3, 0.4) is 0 Å². The average Bonchev–Trinajstić information content (AvgIpc) is 3.07. The Balaban J connectivity index is 2.26.